The highest BCUT2D eigenvalue weighted by Crippen LogP contribution is 2.17. The first-order valence-corrected chi connectivity index (χ1v) is 7.22. The van der Waals surface area contributed by atoms with Crippen LogP contribution in [-0.2, 0) is 17.1 Å². The van der Waals surface area contributed by atoms with Crippen LogP contribution in [0, 0.1) is 0 Å². The lowest BCUT2D eigenvalue weighted by atomic mass is 10.1. The summed E-state index contributed by atoms with van der Waals surface area (Å²) in [6.45, 7) is 1.76. The Hall–Kier alpha value is -1.86. The lowest BCUT2D eigenvalue weighted by Gasteiger charge is -2.13. The average molecular weight is 280 g/mol. The number of rotatable bonds is 4. The first kappa shape index (κ1) is 13.6. The van der Waals surface area contributed by atoms with Gasteiger partial charge in [-0.15, -0.1) is 0 Å². The van der Waals surface area contributed by atoms with Gasteiger partial charge in [-0.3, -0.25) is 0 Å². The summed E-state index contributed by atoms with van der Waals surface area (Å²) in [5, 5.41) is 0.00533. The summed E-state index contributed by atoms with van der Waals surface area (Å²) in [6.07, 6.45) is 2.90. The average Bonchev–Trinajstić information content (AvgIpc) is 2.76. The fourth-order valence-electron chi connectivity index (χ4n) is 1.72. The molecule has 1 atom stereocenters. The number of aryl methyl sites for hydroxylation is 1. The molecule has 0 saturated carbocycles. The Labute approximate surface area is 112 Å². The van der Waals surface area contributed by atoms with Gasteiger partial charge < -0.3 is 10.3 Å². The SMILES string of the molecule is CC(NS(=O)(=O)c1cn(C)cn1)c1cccc(N)c1. The number of benzene rings is 1. The molecule has 1 unspecified atom stereocenters. The molecule has 1 heterocycles. The lowest BCUT2D eigenvalue weighted by Crippen LogP contribution is -2.27. The fraction of sp³-hybridized carbons (Fsp3) is 0.250. The summed E-state index contributed by atoms with van der Waals surface area (Å²) >= 11 is 0. The van der Waals surface area contributed by atoms with Crippen LogP contribution in [0.4, 0.5) is 5.69 Å². The molecular formula is C12H16N4O2S. The van der Waals surface area contributed by atoms with Gasteiger partial charge in [0, 0.05) is 25.0 Å². The summed E-state index contributed by atoms with van der Waals surface area (Å²) in [6, 6.07) is 6.73. The number of nitrogens with two attached hydrogens (primary N) is 1. The van der Waals surface area contributed by atoms with Crippen molar-refractivity contribution in [2.75, 3.05) is 5.73 Å². The van der Waals surface area contributed by atoms with Gasteiger partial charge in [-0.1, -0.05) is 12.1 Å². The second-order valence-electron chi connectivity index (χ2n) is 4.39. The zero-order valence-corrected chi connectivity index (χ0v) is 11.6. The van der Waals surface area contributed by atoms with Gasteiger partial charge in [0.15, 0.2) is 5.03 Å². The molecule has 1 aromatic heterocycles. The molecule has 1 aromatic carbocycles. The third-order valence-electron chi connectivity index (χ3n) is 2.70. The van der Waals surface area contributed by atoms with Gasteiger partial charge in [-0.2, -0.15) is 0 Å². The molecule has 2 rings (SSSR count). The predicted molar refractivity (Wildman–Crippen MR) is 72.8 cm³/mol. The molecule has 0 aliphatic heterocycles. The van der Waals surface area contributed by atoms with E-state index in [0.717, 1.165) is 5.56 Å². The molecule has 0 fully saturated rings. The number of anilines is 1. The topological polar surface area (TPSA) is 90.0 Å². The third-order valence-corrected chi connectivity index (χ3v) is 4.12. The van der Waals surface area contributed by atoms with Gasteiger partial charge >= 0.3 is 0 Å². The molecule has 6 nitrogen and oxygen atoms in total. The maximum Gasteiger partial charge on any atom is 0.260 e. The smallest absolute Gasteiger partial charge is 0.260 e. The third kappa shape index (κ3) is 3.12. The van der Waals surface area contributed by atoms with Crippen molar-refractivity contribution in [1.82, 2.24) is 14.3 Å². The van der Waals surface area contributed by atoms with E-state index in [1.54, 1.807) is 36.7 Å². The first-order valence-electron chi connectivity index (χ1n) is 5.74. The second kappa shape index (κ2) is 5.02. The van der Waals surface area contributed by atoms with Crippen LogP contribution in [0.3, 0.4) is 0 Å². The molecule has 7 heteroatoms. The first-order chi connectivity index (χ1) is 8.88. The molecule has 19 heavy (non-hydrogen) atoms. The van der Waals surface area contributed by atoms with Gasteiger partial charge in [-0.05, 0) is 24.6 Å². The largest absolute Gasteiger partial charge is 0.399 e. The van der Waals surface area contributed by atoms with Crippen molar-refractivity contribution in [2.45, 2.75) is 18.0 Å². The van der Waals surface area contributed by atoms with Crippen LogP contribution in [0.5, 0.6) is 0 Å². The monoisotopic (exact) mass is 280 g/mol. The zero-order valence-electron chi connectivity index (χ0n) is 10.7. The number of nitrogen functional groups attached to an aromatic ring is 1. The summed E-state index contributed by atoms with van der Waals surface area (Å²) in [5.41, 5.74) is 7.09. The highest BCUT2D eigenvalue weighted by Gasteiger charge is 2.20. The van der Waals surface area contributed by atoms with Crippen molar-refractivity contribution >= 4 is 15.7 Å². The van der Waals surface area contributed by atoms with Gasteiger partial charge in [-0.25, -0.2) is 18.1 Å². The Morgan fingerprint density at radius 1 is 1.42 bits per heavy atom. The molecule has 3 N–H and O–H groups in total. The lowest BCUT2D eigenvalue weighted by molar-refractivity contribution is 0.563. The Kier molecular flexibility index (Phi) is 3.59. The van der Waals surface area contributed by atoms with Crippen molar-refractivity contribution in [3.05, 3.63) is 42.4 Å². The van der Waals surface area contributed by atoms with Crippen LogP contribution in [0.2, 0.25) is 0 Å². The summed E-state index contributed by atoms with van der Waals surface area (Å²) < 4.78 is 28.3. The molecule has 0 bridgehead atoms. The standard InChI is InChI=1S/C12H16N4O2S/c1-9(10-4-3-5-11(13)6-10)15-19(17,18)12-7-16(2)8-14-12/h3-9,15H,13H2,1-2H3. The highest BCUT2D eigenvalue weighted by atomic mass is 32.2. The van der Waals surface area contributed by atoms with E-state index in [0.29, 0.717) is 5.69 Å². The van der Waals surface area contributed by atoms with Crippen molar-refractivity contribution in [2.24, 2.45) is 7.05 Å². The van der Waals surface area contributed by atoms with Crippen LogP contribution < -0.4 is 10.5 Å². The number of hydrogen-bond acceptors (Lipinski definition) is 4. The number of hydrogen-bond donors (Lipinski definition) is 2. The highest BCUT2D eigenvalue weighted by molar-refractivity contribution is 7.89. The summed E-state index contributed by atoms with van der Waals surface area (Å²) in [5.74, 6) is 0. The maximum absolute atomic E-state index is 12.1. The number of nitrogens with one attached hydrogen (secondary N) is 1. The maximum atomic E-state index is 12.1. The minimum absolute atomic E-state index is 0.00533. The van der Waals surface area contributed by atoms with Crippen molar-refractivity contribution in [3.8, 4) is 0 Å². The van der Waals surface area contributed by atoms with E-state index in [9.17, 15) is 8.42 Å². The van der Waals surface area contributed by atoms with E-state index in [-0.39, 0.29) is 11.1 Å². The van der Waals surface area contributed by atoms with Crippen LogP contribution in [-0.4, -0.2) is 18.0 Å². The van der Waals surface area contributed by atoms with Crippen molar-refractivity contribution in [1.29, 1.82) is 0 Å². The summed E-state index contributed by atoms with van der Waals surface area (Å²) in [7, 11) is -1.91. The van der Waals surface area contributed by atoms with Gasteiger partial charge in [0.2, 0.25) is 0 Å². The fourth-order valence-corrected chi connectivity index (χ4v) is 2.93. The molecule has 0 radical (unpaired) electrons. The van der Waals surface area contributed by atoms with Gasteiger partial charge in [0.25, 0.3) is 10.0 Å². The Bertz CT molecular complexity index is 679. The van der Waals surface area contributed by atoms with E-state index in [2.05, 4.69) is 9.71 Å². The quantitative estimate of drug-likeness (QED) is 0.819. The molecular weight excluding hydrogens is 264 g/mol. The van der Waals surface area contributed by atoms with Gasteiger partial charge in [0.1, 0.15) is 0 Å². The molecule has 0 amide bonds. The Balaban J connectivity index is 2.21. The molecule has 0 spiro atoms. The Morgan fingerprint density at radius 3 is 2.74 bits per heavy atom. The van der Waals surface area contributed by atoms with E-state index in [4.69, 9.17) is 5.73 Å². The number of imidazole rings is 1. The minimum atomic E-state index is -3.62. The number of nitrogens with zero attached hydrogens (tertiary/aromatic N) is 2. The zero-order chi connectivity index (χ0) is 14.0. The molecule has 2 aromatic rings. The minimum Gasteiger partial charge on any atom is -0.399 e. The second-order valence-corrected chi connectivity index (χ2v) is 6.05. The van der Waals surface area contributed by atoms with Crippen LogP contribution >= 0.6 is 0 Å². The normalized spacial score (nSPS) is 13.4. The van der Waals surface area contributed by atoms with E-state index < -0.39 is 10.0 Å². The molecule has 0 aliphatic carbocycles. The molecule has 0 aliphatic rings. The van der Waals surface area contributed by atoms with Crippen LogP contribution in [0.1, 0.15) is 18.5 Å². The van der Waals surface area contributed by atoms with E-state index in [1.165, 1.54) is 12.5 Å². The van der Waals surface area contributed by atoms with Crippen molar-refractivity contribution < 1.29 is 8.42 Å². The number of aromatic nitrogens is 2. The van der Waals surface area contributed by atoms with Crippen molar-refractivity contribution in [3.63, 3.8) is 0 Å². The molecule has 102 valence electrons. The van der Waals surface area contributed by atoms with E-state index >= 15 is 0 Å². The molecule has 0 saturated heterocycles. The van der Waals surface area contributed by atoms with Crippen LogP contribution in [0.25, 0.3) is 0 Å². The predicted octanol–water partition coefficient (Wildman–Crippen LogP) is 1.04. The number of sulfonamides is 1. The van der Waals surface area contributed by atoms with E-state index in [1.807, 2.05) is 6.07 Å². The van der Waals surface area contributed by atoms with Crippen LogP contribution in [0.15, 0.2) is 41.8 Å². The van der Waals surface area contributed by atoms with Gasteiger partial charge in [0.05, 0.1) is 6.33 Å². The Morgan fingerprint density at radius 2 is 2.16 bits per heavy atom. The summed E-state index contributed by atoms with van der Waals surface area (Å²) in [4.78, 5) is 3.84.